The average Bonchev–Trinajstić information content (AvgIpc) is 3.04. The molecule has 3 aromatic rings. The Morgan fingerprint density at radius 3 is 2.89 bits per heavy atom. The molecule has 2 heterocycles. The first-order valence-corrected chi connectivity index (χ1v) is 6.47. The molecule has 0 unspecified atom stereocenters. The minimum absolute atomic E-state index is 0.550. The van der Waals surface area contributed by atoms with Crippen LogP contribution in [-0.2, 0) is 19.6 Å². The largest absolute Gasteiger partial charge is 0.340 e. The van der Waals surface area contributed by atoms with Crippen molar-refractivity contribution in [3.05, 3.63) is 48.2 Å². The van der Waals surface area contributed by atoms with E-state index in [-0.39, 0.29) is 0 Å². The molecule has 2 N–H and O–H groups in total. The van der Waals surface area contributed by atoms with Crippen LogP contribution in [0, 0.1) is 0 Å². The second-order valence-electron chi connectivity index (χ2n) is 4.50. The molecule has 0 aliphatic rings. The zero-order valence-electron chi connectivity index (χ0n) is 11.0. The van der Waals surface area contributed by atoms with Gasteiger partial charge in [-0.2, -0.15) is 5.10 Å². The number of aromatic nitrogens is 4. The summed E-state index contributed by atoms with van der Waals surface area (Å²) in [6.45, 7) is 4.16. The predicted octanol–water partition coefficient (Wildman–Crippen LogP) is 1.76. The summed E-state index contributed by atoms with van der Waals surface area (Å²) >= 11 is 0. The minimum Gasteiger partial charge on any atom is -0.340 e. The van der Waals surface area contributed by atoms with Crippen LogP contribution in [0.2, 0.25) is 0 Å². The predicted molar refractivity (Wildman–Crippen MR) is 74.6 cm³/mol. The first kappa shape index (κ1) is 11.9. The standard InChI is InChI=1S/C14H17N5/c1-2-19-14(16-10-17-19)9-18-8-11(7-15)12-5-3-4-6-13(12)18/h3-6,8,10H,2,7,9,15H2,1H3. The van der Waals surface area contributed by atoms with Crippen LogP contribution in [0.25, 0.3) is 10.9 Å². The molecule has 5 heteroatoms. The van der Waals surface area contributed by atoms with Crippen LogP contribution in [0.5, 0.6) is 0 Å². The number of hydrogen-bond acceptors (Lipinski definition) is 3. The van der Waals surface area contributed by atoms with E-state index in [1.807, 2.05) is 16.8 Å². The summed E-state index contributed by atoms with van der Waals surface area (Å²) in [5.41, 5.74) is 8.17. The fourth-order valence-corrected chi connectivity index (χ4v) is 2.44. The van der Waals surface area contributed by atoms with Crippen LogP contribution < -0.4 is 5.73 Å². The van der Waals surface area contributed by atoms with Crippen molar-refractivity contribution in [3.63, 3.8) is 0 Å². The molecule has 0 atom stereocenters. The van der Waals surface area contributed by atoms with Crippen molar-refractivity contribution in [2.24, 2.45) is 5.73 Å². The van der Waals surface area contributed by atoms with Gasteiger partial charge in [-0.05, 0) is 18.6 Å². The molecule has 0 saturated heterocycles. The number of fused-ring (bicyclic) bond motifs is 1. The van der Waals surface area contributed by atoms with Crippen molar-refractivity contribution in [1.82, 2.24) is 19.3 Å². The molecule has 0 aliphatic heterocycles. The highest BCUT2D eigenvalue weighted by Gasteiger charge is 2.09. The summed E-state index contributed by atoms with van der Waals surface area (Å²) in [6, 6.07) is 8.31. The normalized spacial score (nSPS) is 11.3. The molecule has 2 aromatic heterocycles. The Balaban J connectivity index is 2.06. The van der Waals surface area contributed by atoms with Gasteiger partial charge in [0.25, 0.3) is 0 Å². The van der Waals surface area contributed by atoms with Crippen LogP contribution in [0.15, 0.2) is 36.8 Å². The molecule has 19 heavy (non-hydrogen) atoms. The topological polar surface area (TPSA) is 61.7 Å². The monoisotopic (exact) mass is 255 g/mol. The minimum atomic E-state index is 0.550. The Hall–Kier alpha value is -2.14. The van der Waals surface area contributed by atoms with E-state index in [2.05, 4.69) is 39.9 Å². The molecule has 1 aromatic carbocycles. The fraction of sp³-hybridized carbons (Fsp3) is 0.286. The average molecular weight is 255 g/mol. The Bertz CT molecular complexity index is 695. The van der Waals surface area contributed by atoms with Crippen LogP contribution >= 0.6 is 0 Å². The number of aryl methyl sites for hydroxylation is 1. The molecule has 0 bridgehead atoms. The third-order valence-corrected chi connectivity index (χ3v) is 3.40. The number of para-hydroxylation sites is 1. The van der Waals surface area contributed by atoms with Gasteiger partial charge in [0.05, 0.1) is 6.54 Å². The molecule has 0 aliphatic carbocycles. The SMILES string of the molecule is CCn1ncnc1Cn1cc(CN)c2ccccc21. The quantitative estimate of drug-likeness (QED) is 0.772. The molecule has 0 radical (unpaired) electrons. The lowest BCUT2D eigenvalue weighted by molar-refractivity contribution is 0.597. The van der Waals surface area contributed by atoms with Crippen LogP contribution in [0.4, 0.5) is 0 Å². The molecule has 98 valence electrons. The van der Waals surface area contributed by atoms with E-state index in [9.17, 15) is 0 Å². The summed E-state index contributed by atoms with van der Waals surface area (Å²) in [7, 11) is 0. The van der Waals surface area contributed by atoms with Gasteiger partial charge < -0.3 is 10.3 Å². The highest BCUT2D eigenvalue weighted by Crippen LogP contribution is 2.21. The van der Waals surface area contributed by atoms with Crippen molar-refractivity contribution in [2.45, 2.75) is 26.6 Å². The van der Waals surface area contributed by atoms with Gasteiger partial charge in [0.2, 0.25) is 0 Å². The van der Waals surface area contributed by atoms with Crippen LogP contribution in [0.1, 0.15) is 18.3 Å². The number of hydrogen-bond donors (Lipinski definition) is 1. The highest BCUT2D eigenvalue weighted by atomic mass is 15.3. The van der Waals surface area contributed by atoms with Gasteiger partial charge in [0.15, 0.2) is 0 Å². The summed E-state index contributed by atoms with van der Waals surface area (Å²) < 4.78 is 4.10. The smallest absolute Gasteiger partial charge is 0.146 e. The van der Waals surface area contributed by atoms with Gasteiger partial charge in [0.1, 0.15) is 12.2 Å². The van der Waals surface area contributed by atoms with Gasteiger partial charge in [0, 0.05) is 30.2 Å². The van der Waals surface area contributed by atoms with Gasteiger partial charge in [-0.1, -0.05) is 18.2 Å². The molecular formula is C14H17N5. The molecule has 5 nitrogen and oxygen atoms in total. The van der Waals surface area contributed by atoms with Gasteiger partial charge in [-0.3, -0.25) is 0 Å². The maximum atomic E-state index is 5.81. The lowest BCUT2D eigenvalue weighted by Crippen LogP contribution is -2.08. The van der Waals surface area contributed by atoms with Crippen LogP contribution in [0.3, 0.4) is 0 Å². The zero-order valence-corrected chi connectivity index (χ0v) is 11.0. The number of rotatable bonds is 4. The first-order chi connectivity index (χ1) is 9.33. The fourth-order valence-electron chi connectivity index (χ4n) is 2.44. The van der Waals surface area contributed by atoms with Gasteiger partial charge in [-0.25, -0.2) is 9.67 Å². The van der Waals surface area contributed by atoms with Gasteiger partial charge in [-0.15, -0.1) is 0 Å². The molecule has 0 amide bonds. The maximum Gasteiger partial charge on any atom is 0.146 e. The lowest BCUT2D eigenvalue weighted by atomic mass is 10.2. The molecular weight excluding hydrogens is 238 g/mol. The van der Waals surface area contributed by atoms with E-state index in [0.717, 1.165) is 17.9 Å². The van der Waals surface area contributed by atoms with Crippen molar-refractivity contribution < 1.29 is 0 Å². The summed E-state index contributed by atoms with van der Waals surface area (Å²) in [5.74, 6) is 0.965. The van der Waals surface area contributed by atoms with Crippen molar-refractivity contribution in [2.75, 3.05) is 0 Å². The lowest BCUT2D eigenvalue weighted by Gasteiger charge is -2.05. The Labute approximate surface area is 111 Å². The molecule has 0 saturated carbocycles. The molecule has 3 rings (SSSR count). The summed E-state index contributed by atoms with van der Waals surface area (Å²) in [4.78, 5) is 4.32. The Morgan fingerprint density at radius 2 is 2.11 bits per heavy atom. The second kappa shape index (κ2) is 4.85. The second-order valence-corrected chi connectivity index (χ2v) is 4.50. The number of nitrogens with zero attached hydrogens (tertiary/aromatic N) is 4. The van der Waals surface area contributed by atoms with E-state index in [0.29, 0.717) is 13.1 Å². The summed E-state index contributed by atoms with van der Waals surface area (Å²) in [6.07, 6.45) is 3.72. The summed E-state index contributed by atoms with van der Waals surface area (Å²) in [5, 5.41) is 5.42. The van der Waals surface area contributed by atoms with E-state index in [1.54, 1.807) is 6.33 Å². The first-order valence-electron chi connectivity index (χ1n) is 6.47. The number of benzene rings is 1. The van der Waals surface area contributed by atoms with E-state index in [1.165, 1.54) is 10.9 Å². The Morgan fingerprint density at radius 1 is 1.26 bits per heavy atom. The third-order valence-electron chi connectivity index (χ3n) is 3.40. The van der Waals surface area contributed by atoms with E-state index >= 15 is 0 Å². The molecule has 0 spiro atoms. The maximum absolute atomic E-state index is 5.81. The third kappa shape index (κ3) is 2.02. The highest BCUT2D eigenvalue weighted by molar-refractivity contribution is 5.84. The molecule has 0 fully saturated rings. The zero-order chi connectivity index (χ0) is 13.2. The van der Waals surface area contributed by atoms with Crippen molar-refractivity contribution in [1.29, 1.82) is 0 Å². The van der Waals surface area contributed by atoms with Crippen molar-refractivity contribution in [3.8, 4) is 0 Å². The number of nitrogens with two attached hydrogens (primary N) is 1. The van der Waals surface area contributed by atoms with Crippen molar-refractivity contribution >= 4 is 10.9 Å². The van der Waals surface area contributed by atoms with Gasteiger partial charge >= 0.3 is 0 Å². The Kier molecular flexibility index (Phi) is 3.05. The van der Waals surface area contributed by atoms with E-state index in [4.69, 9.17) is 5.73 Å². The van der Waals surface area contributed by atoms with Crippen LogP contribution in [-0.4, -0.2) is 19.3 Å². The van der Waals surface area contributed by atoms with E-state index < -0.39 is 0 Å².